The van der Waals surface area contributed by atoms with Crippen molar-refractivity contribution in [3.63, 3.8) is 0 Å². The number of rotatable bonds is 6. The molecule has 0 spiro atoms. The molecule has 1 N–H and O–H groups in total. The van der Waals surface area contributed by atoms with E-state index in [0.717, 1.165) is 25.8 Å². The Hall–Kier alpha value is -1.33. The summed E-state index contributed by atoms with van der Waals surface area (Å²) in [6, 6.07) is 4.50. The third kappa shape index (κ3) is 4.46. The van der Waals surface area contributed by atoms with Crippen molar-refractivity contribution in [1.29, 1.82) is 0 Å². The highest BCUT2D eigenvalue weighted by Crippen LogP contribution is 2.16. The summed E-state index contributed by atoms with van der Waals surface area (Å²) >= 11 is 0. The van der Waals surface area contributed by atoms with E-state index in [1.165, 1.54) is 5.56 Å². The highest BCUT2D eigenvalue weighted by molar-refractivity contribution is 5.14. The van der Waals surface area contributed by atoms with Crippen molar-refractivity contribution in [1.82, 2.24) is 10.3 Å². The molecule has 1 aromatic rings. The van der Waals surface area contributed by atoms with E-state index in [9.17, 15) is 0 Å². The van der Waals surface area contributed by atoms with E-state index in [1.807, 2.05) is 25.4 Å². The first-order valence-electron chi connectivity index (χ1n) is 5.91. The van der Waals surface area contributed by atoms with Gasteiger partial charge in [-0.15, -0.1) is 11.8 Å². The number of hydrogen-bond acceptors (Lipinski definition) is 2. The summed E-state index contributed by atoms with van der Waals surface area (Å²) in [4.78, 5) is 4.17. The van der Waals surface area contributed by atoms with Gasteiger partial charge in [0.05, 0.1) is 0 Å². The van der Waals surface area contributed by atoms with Crippen LogP contribution in [-0.2, 0) is 0 Å². The molecular weight excluding hydrogens is 196 g/mol. The second-order valence-corrected chi connectivity index (χ2v) is 3.76. The van der Waals surface area contributed by atoms with Gasteiger partial charge < -0.3 is 5.32 Å². The third-order valence-corrected chi connectivity index (χ3v) is 2.46. The van der Waals surface area contributed by atoms with Crippen LogP contribution >= 0.6 is 0 Å². The van der Waals surface area contributed by atoms with E-state index in [1.54, 1.807) is 0 Å². The molecule has 0 fully saturated rings. The minimum Gasteiger partial charge on any atom is -0.310 e. The molecule has 0 bridgehead atoms. The number of pyridine rings is 1. The predicted molar refractivity (Wildman–Crippen MR) is 68.0 cm³/mol. The predicted octanol–water partition coefficient (Wildman–Crippen LogP) is 2.93. The van der Waals surface area contributed by atoms with Crippen molar-refractivity contribution < 1.29 is 0 Å². The van der Waals surface area contributed by atoms with Gasteiger partial charge in [0.2, 0.25) is 0 Å². The molecule has 86 valence electrons. The van der Waals surface area contributed by atoms with Gasteiger partial charge in [-0.3, -0.25) is 4.98 Å². The molecule has 0 saturated heterocycles. The lowest BCUT2D eigenvalue weighted by Gasteiger charge is -2.17. The fraction of sp³-hybridized carbons (Fsp3) is 0.500. The highest BCUT2D eigenvalue weighted by Gasteiger charge is 2.09. The smallest absolute Gasteiger partial charge is 0.0344 e. The summed E-state index contributed by atoms with van der Waals surface area (Å²) in [5, 5.41) is 3.54. The Bertz CT molecular complexity index is 335. The second-order valence-electron chi connectivity index (χ2n) is 3.76. The molecule has 1 unspecified atom stereocenters. The molecule has 16 heavy (non-hydrogen) atoms. The zero-order valence-corrected chi connectivity index (χ0v) is 10.2. The molecule has 1 atom stereocenters. The van der Waals surface area contributed by atoms with Crippen LogP contribution in [0.2, 0.25) is 0 Å². The largest absolute Gasteiger partial charge is 0.310 e. The first-order chi connectivity index (χ1) is 7.88. The Kier molecular flexibility index (Phi) is 6.29. The topological polar surface area (TPSA) is 24.9 Å². The van der Waals surface area contributed by atoms with E-state index in [-0.39, 0.29) is 0 Å². The maximum Gasteiger partial charge on any atom is 0.0344 e. The summed E-state index contributed by atoms with van der Waals surface area (Å²) < 4.78 is 0. The minimum absolute atomic E-state index is 0.384. The standard InChI is InChI=1S/C14H20N2/c1-3-5-6-9-14(16-10-4-2)13-8-7-11-15-12-13/h7-8,11-12,14,16H,4,6,9-10H2,1-2H3. The molecule has 0 amide bonds. The normalized spacial score (nSPS) is 11.6. The Balaban J connectivity index is 2.58. The van der Waals surface area contributed by atoms with Crippen LogP contribution in [0.5, 0.6) is 0 Å². The summed E-state index contributed by atoms with van der Waals surface area (Å²) in [5.41, 5.74) is 1.26. The Morgan fingerprint density at radius 2 is 2.38 bits per heavy atom. The maximum atomic E-state index is 4.17. The number of nitrogens with zero attached hydrogens (tertiary/aromatic N) is 1. The molecule has 0 aliphatic carbocycles. The number of nitrogens with one attached hydrogen (secondary N) is 1. The maximum absolute atomic E-state index is 4.17. The van der Waals surface area contributed by atoms with Gasteiger partial charge in [-0.1, -0.05) is 13.0 Å². The van der Waals surface area contributed by atoms with Crippen LogP contribution < -0.4 is 5.32 Å². The average molecular weight is 216 g/mol. The van der Waals surface area contributed by atoms with Crippen LogP contribution in [0.3, 0.4) is 0 Å². The number of hydrogen-bond donors (Lipinski definition) is 1. The van der Waals surface area contributed by atoms with Gasteiger partial charge in [-0.05, 0) is 37.9 Å². The van der Waals surface area contributed by atoms with Gasteiger partial charge in [0.1, 0.15) is 0 Å². The molecule has 2 heteroatoms. The van der Waals surface area contributed by atoms with Crippen molar-refractivity contribution in [2.45, 2.75) is 39.2 Å². The first-order valence-corrected chi connectivity index (χ1v) is 5.91. The summed E-state index contributed by atoms with van der Waals surface area (Å²) in [6.45, 7) is 5.11. The van der Waals surface area contributed by atoms with Crippen molar-refractivity contribution in [2.75, 3.05) is 6.54 Å². The lowest BCUT2D eigenvalue weighted by molar-refractivity contribution is 0.504. The van der Waals surface area contributed by atoms with Crippen molar-refractivity contribution in [3.8, 4) is 11.8 Å². The van der Waals surface area contributed by atoms with Crippen LogP contribution in [0.1, 0.15) is 44.7 Å². The van der Waals surface area contributed by atoms with Crippen molar-refractivity contribution in [3.05, 3.63) is 30.1 Å². The summed E-state index contributed by atoms with van der Waals surface area (Å²) in [7, 11) is 0. The van der Waals surface area contributed by atoms with Gasteiger partial charge in [-0.2, -0.15) is 0 Å². The SMILES string of the molecule is CC#CCCC(NCCC)c1cccnc1. The Morgan fingerprint density at radius 3 is 3.00 bits per heavy atom. The van der Waals surface area contributed by atoms with Crippen LogP contribution in [0, 0.1) is 11.8 Å². The first kappa shape index (κ1) is 12.7. The van der Waals surface area contributed by atoms with Crippen LogP contribution in [0.4, 0.5) is 0 Å². The minimum atomic E-state index is 0.384. The third-order valence-electron chi connectivity index (χ3n) is 2.46. The van der Waals surface area contributed by atoms with Crippen LogP contribution in [0.25, 0.3) is 0 Å². The van der Waals surface area contributed by atoms with Crippen LogP contribution in [0.15, 0.2) is 24.5 Å². The van der Waals surface area contributed by atoms with E-state index in [2.05, 4.69) is 35.1 Å². The molecule has 1 heterocycles. The second kappa shape index (κ2) is 7.90. The molecule has 0 aromatic carbocycles. The molecule has 2 nitrogen and oxygen atoms in total. The molecule has 0 aliphatic heterocycles. The van der Waals surface area contributed by atoms with Gasteiger partial charge in [0, 0.05) is 24.9 Å². The van der Waals surface area contributed by atoms with Crippen molar-refractivity contribution in [2.24, 2.45) is 0 Å². The van der Waals surface area contributed by atoms with Gasteiger partial charge in [0.25, 0.3) is 0 Å². The highest BCUT2D eigenvalue weighted by atomic mass is 14.9. The Labute approximate surface area is 98.5 Å². The van der Waals surface area contributed by atoms with E-state index >= 15 is 0 Å². The zero-order chi connectivity index (χ0) is 11.6. The fourth-order valence-electron chi connectivity index (χ4n) is 1.63. The fourth-order valence-corrected chi connectivity index (χ4v) is 1.63. The number of aromatic nitrogens is 1. The van der Waals surface area contributed by atoms with Gasteiger partial charge >= 0.3 is 0 Å². The molecule has 0 aliphatic rings. The monoisotopic (exact) mass is 216 g/mol. The van der Waals surface area contributed by atoms with E-state index in [4.69, 9.17) is 0 Å². The summed E-state index contributed by atoms with van der Waals surface area (Å²) in [5.74, 6) is 6.05. The quantitative estimate of drug-likeness (QED) is 0.740. The summed E-state index contributed by atoms with van der Waals surface area (Å²) in [6.07, 6.45) is 6.88. The van der Waals surface area contributed by atoms with E-state index in [0.29, 0.717) is 6.04 Å². The van der Waals surface area contributed by atoms with Crippen LogP contribution in [-0.4, -0.2) is 11.5 Å². The van der Waals surface area contributed by atoms with Crippen molar-refractivity contribution >= 4 is 0 Å². The molecule has 0 saturated carbocycles. The molecule has 1 rings (SSSR count). The van der Waals surface area contributed by atoms with Gasteiger partial charge in [-0.25, -0.2) is 0 Å². The molecular formula is C14H20N2. The Morgan fingerprint density at radius 1 is 1.50 bits per heavy atom. The average Bonchev–Trinajstić information content (AvgIpc) is 2.35. The molecule has 0 radical (unpaired) electrons. The zero-order valence-electron chi connectivity index (χ0n) is 10.2. The van der Waals surface area contributed by atoms with E-state index < -0.39 is 0 Å². The van der Waals surface area contributed by atoms with Gasteiger partial charge in [0.15, 0.2) is 0 Å². The lowest BCUT2D eigenvalue weighted by Crippen LogP contribution is -2.22. The lowest BCUT2D eigenvalue weighted by atomic mass is 10.0. The molecule has 1 aromatic heterocycles.